The van der Waals surface area contributed by atoms with Crippen LogP contribution in [0.3, 0.4) is 0 Å². The summed E-state index contributed by atoms with van der Waals surface area (Å²) in [5.41, 5.74) is 2.20. The van der Waals surface area contributed by atoms with E-state index in [0.717, 1.165) is 26.3 Å². The lowest BCUT2D eigenvalue weighted by Gasteiger charge is -2.37. The molecule has 0 unspecified atom stereocenters. The minimum absolute atomic E-state index is 0.188. The maximum absolute atomic E-state index is 13.0. The average molecular weight is 472 g/mol. The Morgan fingerprint density at radius 2 is 1.66 bits per heavy atom. The maximum atomic E-state index is 13.0. The normalized spacial score (nSPS) is 14.9. The molecule has 3 aromatic rings. The number of amides is 1. The number of nitrogens with zero attached hydrogens (tertiary/aromatic N) is 3. The maximum Gasteiger partial charge on any atom is 0.243 e. The second-order valence-electron chi connectivity index (χ2n) is 8.07. The van der Waals surface area contributed by atoms with Crippen LogP contribution in [0.4, 0.5) is 5.69 Å². The largest absolute Gasteiger partial charge is 0.368 e. The van der Waals surface area contributed by atoms with Gasteiger partial charge in [0.2, 0.25) is 15.9 Å². The van der Waals surface area contributed by atoms with Gasteiger partial charge in [-0.1, -0.05) is 48.0 Å². The van der Waals surface area contributed by atoms with Crippen molar-refractivity contribution in [1.29, 1.82) is 0 Å². The van der Waals surface area contributed by atoms with Gasteiger partial charge in [-0.15, -0.1) is 0 Å². The first kappa shape index (κ1) is 22.6. The fraction of sp³-hybridized carbons (Fsp3) is 0.292. The van der Waals surface area contributed by atoms with Gasteiger partial charge in [0, 0.05) is 43.9 Å². The lowest BCUT2D eigenvalue weighted by molar-refractivity contribution is -0.131. The predicted octanol–water partition coefficient (Wildman–Crippen LogP) is 3.77. The Bertz CT molecular complexity index is 1250. The van der Waals surface area contributed by atoms with E-state index in [0.29, 0.717) is 31.2 Å². The van der Waals surface area contributed by atoms with Crippen LogP contribution in [0.5, 0.6) is 0 Å². The number of piperazine rings is 1. The molecule has 3 aromatic carbocycles. The third kappa shape index (κ3) is 4.60. The molecule has 1 fully saturated rings. The number of rotatable bonds is 5. The molecule has 1 amide bonds. The third-order valence-electron chi connectivity index (χ3n) is 5.93. The lowest BCUT2D eigenvalue weighted by atomic mass is 10.1. The topological polar surface area (TPSA) is 60.9 Å². The number of sulfonamides is 1. The summed E-state index contributed by atoms with van der Waals surface area (Å²) in [6.07, 6.45) is 0. The van der Waals surface area contributed by atoms with Gasteiger partial charge in [0.25, 0.3) is 0 Å². The summed E-state index contributed by atoms with van der Waals surface area (Å²) >= 11 is 6.14. The van der Waals surface area contributed by atoms with E-state index in [1.165, 1.54) is 7.05 Å². The van der Waals surface area contributed by atoms with Crippen molar-refractivity contribution in [1.82, 2.24) is 9.21 Å². The number of benzene rings is 3. The first-order valence-electron chi connectivity index (χ1n) is 10.5. The summed E-state index contributed by atoms with van der Waals surface area (Å²) in [5.74, 6) is -0.195. The molecule has 0 aliphatic carbocycles. The number of fused-ring (bicyclic) bond motifs is 1. The fourth-order valence-corrected chi connectivity index (χ4v) is 5.33. The van der Waals surface area contributed by atoms with Crippen molar-refractivity contribution in [2.45, 2.75) is 11.8 Å². The average Bonchev–Trinajstić information content (AvgIpc) is 2.80. The fourth-order valence-electron chi connectivity index (χ4n) is 4.00. The van der Waals surface area contributed by atoms with Gasteiger partial charge in [-0.25, -0.2) is 8.42 Å². The molecule has 0 N–H and O–H groups in total. The second kappa shape index (κ2) is 9.10. The Kier molecular flexibility index (Phi) is 6.42. The van der Waals surface area contributed by atoms with Crippen molar-refractivity contribution in [2.24, 2.45) is 0 Å². The smallest absolute Gasteiger partial charge is 0.243 e. The van der Waals surface area contributed by atoms with Gasteiger partial charge >= 0.3 is 0 Å². The molecule has 1 saturated heterocycles. The molecule has 32 heavy (non-hydrogen) atoms. The molecule has 4 rings (SSSR count). The van der Waals surface area contributed by atoms with Gasteiger partial charge in [-0.2, -0.15) is 4.31 Å². The minimum Gasteiger partial charge on any atom is -0.368 e. The Morgan fingerprint density at radius 3 is 2.38 bits per heavy atom. The van der Waals surface area contributed by atoms with E-state index in [1.807, 2.05) is 49.4 Å². The van der Waals surface area contributed by atoms with E-state index in [1.54, 1.807) is 23.1 Å². The van der Waals surface area contributed by atoms with Gasteiger partial charge < -0.3 is 9.80 Å². The van der Waals surface area contributed by atoms with Crippen LogP contribution in [-0.4, -0.2) is 63.3 Å². The summed E-state index contributed by atoms with van der Waals surface area (Å²) < 4.78 is 27.2. The van der Waals surface area contributed by atoms with Crippen LogP contribution < -0.4 is 4.90 Å². The second-order valence-corrected chi connectivity index (χ2v) is 10.6. The molecule has 0 saturated carbocycles. The van der Waals surface area contributed by atoms with Crippen molar-refractivity contribution >= 4 is 44.0 Å². The summed E-state index contributed by atoms with van der Waals surface area (Å²) in [7, 11) is -2.32. The monoisotopic (exact) mass is 471 g/mol. The number of aryl methyl sites for hydroxylation is 1. The van der Waals surface area contributed by atoms with Crippen molar-refractivity contribution in [3.63, 3.8) is 0 Å². The highest BCUT2D eigenvalue weighted by Gasteiger charge is 2.27. The molecule has 8 heteroatoms. The van der Waals surface area contributed by atoms with Crippen LogP contribution in [0.25, 0.3) is 10.8 Å². The van der Waals surface area contributed by atoms with Crippen molar-refractivity contribution in [3.05, 3.63) is 71.2 Å². The molecule has 0 radical (unpaired) electrons. The number of carbonyl (C=O) groups excluding carboxylic acids is 1. The molecule has 0 spiro atoms. The zero-order valence-electron chi connectivity index (χ0n) is 18.2. The van der Waals surface area contributed by atoms with Crippen LogP contribution >= 0.6 is 11.6 Å². The number of anilines is 1. The Morgan fingerprint density at radius 1 is 0.969 bits per heavy atom. The van der Waals surface area contributed by atoms with Crippen LogP contribution in [0.15, 0.2) is 65.6 Å². The summed E-state index contributed by atoms with van der Waals surface area (Å²) in [6.45, 7) is 4.27. The van der Waals surface area contributed by atoms with Gasteiger partial charge in [0.1, 0.15) is 0 Å². The molecule has 0 aromatic heterocycles. The summed E-state index contributed by atoms with van der Waals surface area (Å²) in [4.78, 5) is 17.0. The van der Waals surface area contributed by atoms with Gasteiger partial charge in [0.15, 0.2) is 0 Å². The summed E-state index contributed by atoms with van der Waals surface area (Å²) in [5, 5.41) is 2.50. The summed E-state index contributed by atoms with van der Waals surface area (Å²) in [6, 6.07) is 18.4. The molecule has 1 aliphatic rings. The molecular weight excluding hydrogens is 446 g/mol. The predicted molar refractivity (Wildman–Crippen MR) is 129 cm³/mol. The number of hydrogen-bond acceptors (Lipinski definition) is 4. The van der Waals surface area contributed by atoms with E-state index in [4.69, 9.17) is 11.6 Å². The first-order chi connectivity index (χ1) is 15.3. The molecule has 168 valence electrons. The highest BCUT2D eigenvalue weighted by atomic mass is 35.5. The molecule has 1 heterocycles. The van der Waals surface area contributed by atoms with E-state index in [9.17, 15) is 13.2 Å². The van der Waals surface area contributed by atoms with Gasteiger partial charge in [-0.05, 0) is 47.5 Å². The molecular formula is C24H26ClN3O3S. The van der Waals surface area contributed by atoms with Crippen LogP contribution in [0, 0.1) is 6.92 Å². The minimum atomic E-state index is -3.77. The third-order valence-corrected chi connectivity index (χ3v) is 7.97. The number of halogens is 1. The van der Waals surface area contributed by atoms with Crippen LogP contribution in [-0.2, 0) is 14.8 Å². The van der Waals surface area contributed by atoms with Crippen molar-refractivity contribution in [2.75, 3.05) is 44.7 Å². The standard InChI is InChI=1S/C24H26ClN3O3S/c1-18-7-9-21(25)16-23(18)27-11-13-28(14-12-27)24(29)17-26(2)32(30,31)22-10-8-19-5-3-4-6-20(19)15-22/h3-10,15-16H,11-14,17H2,1-2H3. The Balaban J connectivity index is 1.40. The molecule has 6 nitrogen and oxygen atoms in total. The molecule has 0 bridgehead atoms. The zero-order valence-corrected chi connectivity index (χ0v) is 19.7. The molecule has 1 aliphatic heterocycles. The van der Waals surface area contributed by atoms with E-state index < -0.39 is 10.0 Å². The zero-order chi connectivity index (χ0) is 22.9. The number of likely N-dealkylation sites (N-methyl/N-ethyl adjacent to an activating group) is 1. The van der Waals surface area contributed by atoms with Crippen molar-refractivity contribution in [3.8, 4) is 0 Å². The van der Waals surface area contributed by atoms with Crippen LogP contribution in [0.1, 0.15) is 5.56 Å². The Labute approximate surface area is 194 Å². The number of carbonyl (C=O) groups is 1. The van der Waals surface area contributed by atoms with E-state index >= 15 is 0 Å². The van der Waals surface area contributed by atoms with Gasteiger partial charge in [-0.3, -0.25) is 4.79 Å². The van der Waals surface area contributed by atoms with E-state index in [-0.39, 0.29) is 17.3 Å². The Hall–Kier alpha value is -2.61. The molecule has 0 atom stereocenters. The number of hydrogen-bond donors (Lipinski definition) is 0. The van der Waals surface area contributed by atoms with Gasteiger partial charge in [0.05, 0.1) is 11.4 Å². The SMILES string of the molecule is Cc1ccc(Cl)cc1N1CCN(C(=O)CN(C)S(=O)(=O)c2ccc3ccccc3c2)CC1. The van der Waals surface area contributed by atoms with Crippen molar-refractivity contribution < 1.29 is 13.2 Å². The lowest BCUT2D eigenvalue weighted by Crippen LogP contribution is -2.51. The first-order valence-corrected chi connectivity index (χ1v) is 12.3. The quantitative estimate of drug-likeness (QED) is 0.568. The highest BCUT2D eigenvalue weighted by Crippen LogP contribution is 2.26. The highest BCUT2D eigenvalue weighted by molar-refractivity contribution is 7.89. The van der Waals surface area contributed by atoms with Crippen LogP contribution in [0.2, 0.25) is 5.02 Å². The van der Waals surface area contributed by atoms with E-state index in [2.05, 4.69) is 4.90 Å².